The van der Waals surface area contributed by atoms with Gasteiger partial charge in [-0.3, -0.25) is 4.79 Å². The number of hydrogen-bond donors (Lipinski definition) is 1. The SMILES string of the molecule is Cc1csc(SCc2c(C(=O)NCc3cccs3)oc3ccccc23)n1. The Morgan fingerprint density at radius 1 is 1.23 bits per heavy atom. The van der Waals surface area contributed by atoms with E-state index in [-0.39, 0.29) is 5.91 Å². The fourth-order valence-electron chi connectivity index (χ4n) is 2.62. The molecule has 26 heavy (non-hydrogen) atoms. The van der Waals surface area contributed by atoms with Crippen LogP contribution in [0.5, 0.6) is 0 Å². The zero-order valence-corrected chi connectivity index (χ0v) is 16.5. The van der Waals surface area contributed by atoms with Crippen LogP contribution < -0.4 is 5.32 Å². The number of carbonyl (C=O) groups is 1. The van der Waals surface area contributed by atoms with Crippen LogP contribution in [0.15, 0.2) is 55.9 Å². The van der Waals surface area contributed by atoms with Crippen LogP contribution in [0.25, 0.3) is 11.0 Å². The minimum Gasteiger partial charge on any atom is -0.451 e. The minimum atomic E-state index is -0.180. The second-order valence-electron chi connectivity index (χ2n) is 5.71. The van der Waals surface area contributed by atoms with Crippen LogP contribution in [0.3, 0.4) is 0 Å². The molecule has 1 N–H and O–H groups in total. The second kappa shape index (κ2) is 7.65. The van der Waals surface area contributed by atoms with E-state index >= 15 is 0 Å². The Bertz CT molecular complexity index is 1030. The molecule has 1 amide bonds. The summed E-state index contributed by atoms with van der Waals surface area (Å²) in [5, 5.41) is 7.97. The van der Waals surface area contributed by atoms with Crippen LogP contribution in [0.4, 0.5) is 0 Å². The van der Waals surface area contributed by atoms with E-state index in [0.29, 0.717) is 18.1 Å². The lowest BCUT2D eigenvalue weighted by Crippen LogP contribution is -2.22. The number of furan rings is 1. The quantitative estimate of drug-likeness (QED) is 0.435. The predicted octanol–water partition coefficient (Wildman–Crippen LogP) is 5.48. The number of thioether (sulfide) groups is 1. The Labute approximate surface area is 163 Å². The fraction of sp³-hybridized carbons (Fsp3) is 0.158. The third kappa shape index (κ3) is 3.70. The third-order valence-corrected chi connectivity index (χ3v) is 6.89. The summed E-state index contributed by atoms with van der Waals surface area (Å²) in [4.78, 5) is 18.3. The molecule has 0 aliphatic heterocycles. The summed E-state index contributed by atoms with van der Waals surface area (Å²) in [6.45, 7) is 2.49. The standard InChI is InChI=1S/C19H16N2O2S3/c1-12-10-25-19(21-12)26-11-15-14-6-2-3-7-16(14)23-17(15)18(22)20-9-13-5-4-8-24-13/h2-8,10H,9,11H2,1H3,(H,20,22). The van der Waals surface area contributed by atoms with Crippen LogP contribution in [-0.2, 0) is 12.3 Å². The molecule has 0 aliphatic rings. The molecule has 4 nitrogen and oxygen atoms in total. The van der Waals surface area contributed by atoms with E-state index in [4.69, 9.17) is 4.42 Å². The van der Waals surface area contributed by atoms with Crippen LogP contribution >= 0.6 is 34.4 Å². The van der Waals surface area contributed by atoms with Crippen molar-refractivity contribution in [1.82, 2.24) is 10.3 Å². The fourth-order valence-corrected chi connectivity index (χ4v) is 5.14. The molecule has 0 atom stereocenters. The molecule has 0 radical (unpaired) electrons. The molecule has 7 heteroatoms. The molecule has 3 aromatic heterocycles. The van der Waals surface area contributed by atoms with Crippen molar-refractivity contribution in [3.8, 4) is 0 Å². The first-order valence-corrected chi connectivity index (χ1v) is 10.8. The van der Waals surface area contributed by atoms with Crippen molar-refractivity contribution >= 4 is 51.3 Å². The molecule has 0 bridgehead atoms. The zero-order valence-electron chi connectivity index (χ0n) is 14.0. The maximum absolute atomic E-state index is 12.7. The predicted molar refractivity (Wildman–Crippen MR) is 108 cm³/mol. The van der Waals surface area contributed by atoms with Gasteiger partial charge in [-0.25, -0.2) is 4.98 Å². The molecule has 0 saturated heterocycles. The lowest BCUT2D eigenvalue weighted by molar-refractivity contribution is 0.0925. The Morgan fingerprint density at radius 3 is 2.88 bits per heavy atom. The smallest absolute Gasteiger partial charge is 0.287 e. The minimum absolute atomic E-state index is 0.180. The van der Waals surface area contributed by atoms with Gasteiger partial charge in [0.05, 0.1) is 6.54 Å². The number of aromatic nitrogens is 1. The van der Waals surface area contributed by atoms with Crippen LogP contribution in [0, 0.1) is 6.92 Å². The topological polar surface area (TPSA) is 55.1 Å². The summed E-state index contributed by atoms with van der Waals surface area (Å²) < 4.78 is 6.88. The first kappa shape index (κ1) is 17.3. The van der Waals surface area contributed by atoms with Crippen LogP contribution in [0.1, 0.15) is 26.7 Å². The summed E-state index contributed by atoms with van der Waals surface area (Å²) in [5.41, 5.74) is 2.67. The largest absolute Gasteiger partial charge is 0.451 e. The molecule has 1 aromatic carbocycles. The van der Waals surface area contributed by atoms with Crippen molar-refractivity contribution in [2.45, 2.75) is 23.6 Å². The number of hydrogen-bond acceptors (Lipinski definition) is 6. The monoisotopic (exact) mass is 400 g/mol. The lowest BCUT2D eigenvalue weighted by atomic mass is 10.1. The van der Waals surface area contributed by atoms with Crippen molar-refractivity contribution in [1.29, 1.82) is 0 Å². The number of thiophene rings is 1. The molecule has 3 heterocycles. The molecule has 132 valence electrons. The van der Waals surface area contributed by atoms with Gasteiger partial charge < -0.3 is 9.73 Å². The highest BCUT2D eigenvalue weighted by Crippen LogP contribution is 2.33. The highest BCUT2D eigenvalue weighted by Gasteiger charge is 2.21. The van der Waals surface area contributed by atoms with E-state index in [0.717, 1.165) is 31.4 Å². The van der Waals surface area contributed by atoms with Gasteiger partial charge in [-0.2, -0.15) is 0 Å². The molecule has 0 spiro atoms. The number of benzene rings is 1. The number of nitrogens with one attached hydrogen (secondary N) is 1. The summed E-state index contributed by atoms with van der Waals surface area (Å²) in [6.07, 6.45) is 0. The maximum atomic E-state index is 12.7. The highest BCUT2D eigenvalue weighted by atomic mass is 32.2. The van der Waals surface area contributed by atoms with E-state index in [1.807, 2.05) is 54.1 Å². The Morgan fingerprint density at radius 2 is 2.12 bits per heavy atom. The normalized spacial score (nSPS) is 11.1. The van der Waals surface area contributed by atoms with E-state index < -0.39 is 0 Å². The maximum Gasteiger partial charge on any atom is 0.287 e. The molecule has 0 saturated carbocycles. The van der Waals surface area contributed by atoms with Gasteiger partial charge in [-0.15, -0.1) is 22.7 Å². The molecular formula is C19H16N2O2S3. The van der Waals surface area contributed by atoms with Crippen molar-refractivity contribution in [2.75, 3.05) is 0 Å². The first-order chi connectivity index (χ1) is 12.7. The number of rotatable bonds is 6. The average Bonchev–Trinajstić information content (AvgIpc) is 3.38. The lowest BCUT2D eigenvalue weighted by Gasteiger charge is -2.04. The molecule has 0 aliphatic carbocycles. The van der Waals surface area contributed by atoms with Crippen molar-refractivity contribution < 1.29 is 9.21 Å². The summed E-state index contributed by atoms with van der Waals surface area (Å²) in [7, 11) is 0. The summed E-state index contributed by atoms with van der Waals surface area (Å²) in [5.74, 6) is 0.857. The van der Waals surface area contributed by atoms with Gasteiger partial charge in [0.25, 0.3) is 5.91 Å². The Kier molecular flexibility index (Phi) is 5.10. The van der Waals surface area contributed by atoms with Crippen molar-refractivity contribution in [3.05, 3.63) is 69.1 Å². The van der Waals surface area contributed by atoms with Gasteiger partial charge >= 0.3 is 0 Å². The number of para-hydroxylation sites is 1. The number of thiazole rings is 1. The number of aryl methyl sites for hydroxylation is 1. The van der Waals surface area contributed by atoms with Gasteiger partial charge in [-0.1, -0.05) is 36.0 Å². The highest BCUT2D eigenvalue weighted by molar-refractivity contribution is 8.00. The van der Waals surface area contributed by atoms with Crippen molar-refractivity contribution in [2.24, 2.45) is 0 Å². The Hall–Kier alpha value is -2.09. The van der Waals surface area contributed by atoms with Gasteiger partial charge in [0.1, 0.15) is 9.92 Å². The van der Waals surface area contributed by atoms with E-state index in [2.05, 4.69) is 10.3 Å². The van der Waals surface area contributed by atoms with Gasteiger partial charge in [-0.05, 0) is 24.4 Å². The van der Waals surface area contributed by atoms with E-state index in [1.54, 1.807) is 34.4 Å². The first-order valence-electron chi connectivity index (χ1n) is 8.06. The second-order valence-corrected chi connectivity index (χ2v) is 8.82. The van der Waals surface area contributed by atoms with Crippen LogP contribution in [0.2, 0.25) is 0 Å². The Balaban J connectivity index is 1.59. The van der Waals surface area contributed by atoms with E-state index in [9.17, 15) is 4.79 Å². The van der Waals surface area contributed by atoms with E-state index in [1.165, 1.54) is 0 Å². The molecular weight excluding hydrogens is 384 g/mol. The number of amides is 1. The third-order valence-electron chi connectivity index (χ3n) is 3.85. The van der Waals surface area contributed by atoms with Crippen molar-refractivity contribution in [3.63, 3.8) is 0 Å². The molecule has 0 fully saturated rings. The number of carbonyl (C=O) groups excluding carboxylic acids is 1. The number of fused-ring (bicyclic) bond motifs is 1. The van der Waals surface area contributed by atoms with Crippen LogP contribution in [-0.4, -0.2) is 10.9 Å². The van der Waals surface area contributed by atoms with Gasteiger partial charge in [0.2, 0.25) is 0 Å². The summed E-state index contributed by atoms with van der Waals surface area (Å²) >= 11 is 4.88. The van der Waals surface area contributed by atoms with Gasteiger partial charge in [0, 0.05) is 32.7 Å². The molecule has 4 rings (SSSR count). The average molecular weight is 401 g/mol. The molecule has 0 unspecified atom stereocenters. The molecule has 4 aromatic rings. The zero-order chi connectivity index (χ0) is 17.9. The van der Waals surface area contributed by atoms with Gasteiger partial charge in [0.15, 0.2) is 5.76 Å². The number of nitrogens with zero attached hydrogens (tertiary/aromatic N) is 1. The summed E-state index contributed by atoms with van der Waals surface area (Å²) in [6, 6.07) is 11.8.